The third-order valence-corrected chi connectivity index (χ3v) is 7.81. The molecule has 0 unspecified atom stereocenters. The first-order chi connectivity index (χ1) is 16.0. The van der Waals surface area contributed by atoms with Gasteiger partial charge in [-0.1, -0.05) is 48.0 Å². The first-order valence-electron chi connectivity index (χ1n) is 10.9. The summed E-state index contributed by atoms with van der Waals surface area (Å²) in [6, 6.07) is 23.5. The molecule has 0 fully saturated rings. The van der Waals surface area contributed by atoms with E-state index in [1.54, 1.807) is 7.11 Å². The molecule has 1 heterocycles. The Morgan fingerprint density at radius 2 is 1.55 bits per heavy atom. The molecule has 0 aliphatic heterocycles. The molecule has 0 amide bonds. The molecule has 0 N–H and O–H groups in total. The molecule has 4 rings (SSSR count). The van der Waals surface area contributed by atoms with Crippen LogP contribution in [0, 0.1) is 0 Å². The number of methoxy groups -OCH3 is 1. The Kier molecular flexibility index (Phi) is 7.26. The van der Waals surface area contributed by atoms with Gasteiger partial charge in [0.25, 0.3) is 0 Å². The second-order valence-electron chi connectivity index (χ2n) is 7.49. The molecule has 0 bridgehead atoms. The highest BCUT2D eigenvalue weighted by molar-refractivity contribution is 7.62. The summed E-state index contributed by atoms with van der Waals surface area (Å²) in [5, 5.41) is 2.27. The van der Waals surface area contributed by atoms with Crippen molar-refractivity contribution in [2.24, 2.45) is 0 Å². The summed E-state index contributed by atoms with van der Waals surface area (Å²) >= 11 is 6.41. The Morgan fingerprint density at radius 1 is 0.879 bits per heavy atom. The van der Waals surface area contributed by atoms with Gasteiger partial charge in [-0.3, -0.25) is 4.57 Å². The molecule has 5 nitrogen and oxygen atoms in total. The van der Waals surface area contributed by atoms with Crippen LogP contribution >= 0.6 is 19.2 Å². The van der Waals surface area contributed by atoms with E-state index in [2.05, 4.69) is 12.1 Å². The number of rotatable bonds is 9. The van der Waals surface area contributed by atoms with Crippen LogP contribution in [0.2, 0.25) is 5.02 Å². The van der Waals surface area contributed by atoms with Gasteiger partial charge in [0.2, 0.25) is 0 Å². The number of hydrogen-bond acceptors (Lipinski definition) is 4. The van der Waals surface area contributed by atoms with Gasteiger partial charge in [0, 0.05) is 33.6 Å². The molecule has 0 radical (unpaired) electrons. The van der Waals surface area contributed by atoms with Crippen LogP contribution in [0.1, 0.15) is 25.1 Å². The Bertz CT molecular complexity index is 1280. The fraction of sp³-hybridized carbons (Fsp3) is 0.231. The molecule has 3 aromatic carbocycles. The topological polar surface area (TPSA) is 49.7 Å². The van der Waals surface area contributed by atoms with E-state index in [0.717, 1.165) is 33.5 Å². The molecular weight excluding hydrogens is 457 g/mol. The quantitative estimate of drug-likeness (QED) is 0.246. The van der Waals surface area contributed by atoms with Gasteiger partial charge in [-0.05, 0) is 55.8 Å². The van der Waals surface area contributed by atoms with Gasteiger partial charge < -0.3 is 18.4 Å². The zero-order chi connectivity index (χ0) is 23.4. The minimum atomic E-state index is -3.67. The molecule has 33 heavy (non-hydrogen) atoms. The number of aromatic nitrogens is 1. The van der Waals surface area contributed by atoms with Crippen LogP contribution in [0.15, 0.2) is 72.8 Å². The molecule has 172 valence electrons. The van der Waals surface area contributed by atoms with Crippen LogP contribution in [0.25, 0.3) is 16.5 Å². The van der Waals surface area contributed by atoms with E-state index in [1.165, 1.54) is 0 Å². The SMILES string of the molecule is CCOP(=O)(OCC)c1c2cc(Cl)ccc2c(Cc2ccccc2)n1-c1ccc(OC)cc1. The number of hydrogen-bond donors (Lipinski definition) is 0. The minimum Gasteiger partial charge on any atom is -0.497 e. The van der Waals surface area contributed by atoms with E-state index in [0.29, 0.717) is 16.9 Å². The highest BCUT2D eigenvalue weighted by atomic mass is 35.5. The third-order valence-electron chi connectivity index (χ3n) is 5.42. The Morgan fingerprint density at radius 3 is 2.15 bits per heavy atom. The van der Waals surface area contributed by atoms with E-state index >= 15 is 0 Å². The molecule has 1 aromatic heterocycles. The summed E-state index contributed by atoms with van der Waals surface area (Å²) < 4.78 is 33.2. The van der Waals surface area contributed by atoms with E-state index < -0.39 is 7.60 Å². The van der Waals surface area contributed by atoms with E-state index in [-0.39, 0.29) is 13.2 Å². The number of halogens is 1. The van der Waals surface area contributed by atoms with Crippen molar-refractivity contribution in [3.8, 4) is 11.4 Å². The lowest BCUT2D eigenvalue weighted by atomic mass is 10.1. The van der Waals surface area contributed by atoms with Gasteiger partial charge in [0.1, 0.15) is 11.2 Å². The van der Waals surface area contributed by atoms with Gasteiger partial charge >= 0.3 is 7.60 Å². The molecule has 0 aliphatic carbocycles. The average molecular weight is 484 g/mol. The normalized spacial score (nSPS) is 11.8. The maximum Gasteiger partial charge on any atom is 0.378 e. The summed E-state index contributed by atoms with van der Waals surface area (Å²) in [7, 11) is -2.04. The maximum atomic E-state index is 14.2. The fourth-order valence-electron chi connectivity index (χ4n) is 4.06. The van der Waals surface area contributed by atoms with Crippen molar-refractivity contribution in [2.75, 3.05) is 20.3 Å². The summed E-state index contributed by atoms with van der Waals surface area (Å²) in [6.45, 7) is 4.13. The van der Waals surface area contributed by atoms with Crippen molar-refractivity contribution in [3.63, 3.8) is 0 Å². The molecule has 0 atom stereocenters. The van der Waals surface area contributed by atoms with Gasteiger partial charge in [-0.2, -0.15) is 0 Å². The highest BCUT2D eigenvalue weighted by Crippen LogP contribution is 2.50. The van der Waals surface area contributed by atoms with Crippen LogP contribution < -0.4 is 10.2 Å². The van der Waals surface area contributed by atoms with Crippen LogP contribution in [0.5, 0.6) is 5.75 Å². The minimum absolute atomic E-state index is 0.251. The molecule has 4 aromatic rings. The largest absolute Gasteiger partial charge is 0.497 e. The smallest absolute Gasteiger partial charge is 0.378 e. The van der Waals surface area contributed by atoms with Gasteiger partial charge in [0.05, 0.1) is 20.3 Å². The standard InChI is InChI=1S/C26H27ClNO4P/c1-4-31-33(29,32-5-2)26-24-18-20(27)11-16-23(24)25(17-19-9-7-6-8-10-19)28(26)21-12-14-22(30-3)15-13-21/h6-16,18H,4-5,17H2,1-3H3. The van der Waals surface area contributed by atoms with E-state index in [4.69, 9.17) is 25.4 Å². The average Bonchev–Trinajstić information content (AvgIpc) is 3.14. The summed E-state index contributed by atoms with van der Waals surface area (Å²) in [5.74, 6) is 0.738. The molecular formula is C26H27ClNO4P. The van der Waals surface area contributed by atoms with Crippen LogP contribution in [-0.4, -0.2) is 24.9 Å². The van der Waals surface area contributed by atoms with Crippen molar-refractivity contribution in [1.82, 2.24) is 4.57 Å². The van der Waals surface area contributed by atoms with E-state index in [9.17, 15) is 4.57 Å². The Balaban J connectivity index is 2.08. The molecule has 0 saturated heterocycles. The predicted molar refractivity (Wildman–Crippen MR) is 135 cm³/mol. The molecule has 0 spiro atoms. The lowest BCUT2D eigenvalue weighted by molar-refractivity contribution is 0.229. The van der Waals surface area contributed by atoms with Gasteiger partial charge in [-0.25, -0.2) is 0 Å². The van der Waals surface area contributed by atoms with Crippen molar-refractivity contribution < 1.29 is 18.3 Å². The monoisotopic (exact) mass is 483 g/mol. The lowest BCUT2D eigenvalue weighted by Crippen LogP contribution is -2.21. The Hall–Kier alpha value is -2.56. The van der Waals surface area contributed by atoms with Gasteiger partial charge in [0.15, 0.2) is 0 Å². The van der Waals surface area contributed by atoms with Gasteiger partial charge in [-0.15, -0.1) is 0 Å². The maximum absolute atomic E-state index is 14.2. The summed E-state index contributed by atoms with van der Waals surface area (Å²) in [6.07, 6.45) is 0.628. The number of fused-ring (bicyclic) bond motifs is 1. The molecule has 0 saturated carbocycles. The Labute approximate surface area is 199 Å². The molecule has 0 aliphatic rings. The third kappa shape index (κ3) is 4.73. The zero-order valence-electron chi connectivity index (χ0n) is 19.0. The number of nitrogens with zero attached hydrogens (tertiary/aromatic N) is 1. The van der Waals surface area contributed by atoms with Crippen molar-refractivity contribution >= 4 is 35.4 Å². The van der Waals surface area contributed by atoms with E-state index in [1.807, 2.05) is 79.1 Å². The number of ether oxygens (including phenoxy) is 1. The molecule has 7 heteroatoms. The second kappa shape index (κ2) is 10.1. The zero-order valence-corrected chi connectivity index (χ0v) is 20.6. The fourth-order valence-corrected chi connectivity index (χ4v) is 6.20. The van der Waals surface area contributed by atoms with Crippen LogP contribution in [0.4, 0.5) is 0 Å². The highest BCUT2D eigenvalue weighted by Gasteiger charge is 2.36. The van der Waals surface area contributed by atoms with Crippen molar-refractivity contribution in [2.45, 2.75) is 20.3 Å². The number of benzene rings is 3. The summed E-state index contributed by atoms with van der Waals surface area (Å²) in [5.41, 5.74) is 3.44. The van der Waals surface area contributed by atoms with Crippen LogP contribution in [0.3, 0.4) is 0 Å². The summed E-state index contributed by atoms with van der Waals surface area (Å²) in [4.78, 5) is 0. The predicted octanol–water partition coefficient (Wildman–Crippen LogP) is 6.77. The first kappa shape index (κ1) is 23.6. The van der Waals surface area contributed by atoms with Crippen LogP contribution in [-0.2, 0) is 20.0 Å². The first-order valence-corrected chi connectivity index (χ1v) is 12.8. The van der Waals surface area contributed by atoms with Crippen molar-refractivity contribution in [3.05, 3.63) is 89.1 Å². The van der Waals surface area contributed by atoms with Crippen molar-refractivity contribution in [1.29, 1.82) is 0 Å². The second-order valence-corrected chi connectivity index (χ2v) is 9.86. The lowest BCUT2D eigenvalue weighted by Gasteiger charge is -2.21.